The van der Waals surface area contributed by atoms with E-state index in [1.165, 1.54) is 16.7 Å². The summed E-state index contributed by atoms with van der Waals surface area (Å²) < 4.78 is 0. The maximum absolute atomic E-state index is 12.9. The highest BCUT2D eigenvalue weighted by Crippen LogP contribution is 2.33. The molecule has 0 unspecified atom stereocenters. The van der Waals surface area contributed by atoms with E-state index in [0.717, 1.165) is 44.2 Å². The number of carbonyl (C=O) groups excluding carboxylic acids is 3. The van der Waals surface area contributed by atoms with Gasteiger partial charge >= 0.3 is 0 Å². The number of Topliss-reactive ketones (excluding diaryl/α,β-unsaturated/α-hetero) is 3. The zero-order chi connectivity index (χ0) is 44.2. The number of unbranched alkanes of at least 4 members (excludes halogenated alkanes) is 1. The van der Waals surface area contributed by atoms with Gasteiger partial charge in [0.2, 0.25) is 0 Å². The van der Waals surface area contributed by atoms with Crippen molar-refractivity contribution in [1.29, 1.82) is 0 Å². The number of rotatable bonds is 14. The first-order valence-electron chi connectivity index (χ1n) is 21.4. The summed E-state index contributed by atoms with van der Waals surface area (Å²) in [5.41, 5.74) is 9.37. The number of fused-ring (bicyclic) bond motifs is 1. The van der Waals surface area contributed by atoms with Gasteiger partial charge in [0, 0.05) is 57.6 Å². The molecule has 1 aliphatic heterocycles. The van der Waals surface area contributed by atoms with Gasteiger partial charge in [-0.2, -0.15) is 0 Å². The summed E-state index contributed by atoms with van der Waals surface area (Å²) in [6.07, 6.45) is 12.5. The lowest BCUT2D eigenvalue weighted by Crippen LogP contribution is -2.50. The second kappa shape index (κ2) is 22.7. The fourth-order valence-corrected chi connectivity index (χ4v) is 6.84. The number of hydrogen-bond donors (Lipinski definition) is 4. The molecule has 0 saturated carbocycles. The van der Waals surface area contributed by atoms with Crippen LogP contribution in [0.15, 0.2) is 47.1 Å². The predicted octanol–water partition coefficient (Wildman–Crippen LogP) is 10.6. The topological polar surface area (TPSA) is 126 Å². The Hall–Kier alpha value is -2.78. The standard InChI is InChI=1S/C20H29NO.C15H26N2O.C14H30N2O.CH4/c1-19(2,3)18(22)17(21-20(4,5)6)13-15-12-11-14-9-7-8-10-16(14)15;1-14(2,3)13(18)12(17-15(4,5)6)10-11-8-7-9-16-11;1-13(2,3)12(17)11(9-7-8-10-15)16-14(4,5)6;/h7-10,12,17,21H,11,13H2,1-6H3;8-9,12,17H,7,10H2,1-6H3;11,16H,7-10,15H2,1-6H3;1H4/t17-;12-;11-;/m000./s1. The highest BCUT2D eigenvalue weighted by Gasteiger charge is 2.35. The van der Waals surface area contributed by atoms with E-state index >= 15 is 0 Å². The molecule has 5 N–H and O–H groups in total. The van der Waals surface area contributed by atoms with Gasteiger partial charge in [-0.3, -0.25) is 19.4 Å². The number of nitrogens with one attached hydrogen (secondary N) is 3. The number of allylic oxidation sites excluding steroid dienone is 2. The van der Waals surface area contributed by atoms with E-state index in [0.29, 0.717) is 18.7 Å². The van der Waals surface area contributed by atoms with Crippen LogP contribution in [0.25, 0.3) is 5.57 Å². The summed E-state index contributed by atoms with van der Waals surface area (Å²) in [6, 6.07) is 8.15. The molecule has 1 aromatic rings. The monoisotopic (exact) mass is 808 g/mol. The molecule has 0 spiro atoms. The first-order valence-corrected chi connectivity index (χ1v) is 21.4. The van der Waals surface area contributed by atoms with Crippen LogP contribution in [0.5, 0.6) is 0 Å². The van der Waals surface area contributed by atoms with Gasteiger partial charge in [-0.25, -0.2) is 0 Å². The molecule has 1 aromatic carbocycles. The molecule has 1 aliphatic carbocycles. The molecule has 0 fully saturated rings. The van der Waals surface area contributed by atoms with Gasteiger partial charge < -0.3 is 21.7 Å². The van der Waals surface area contributed by atoms with Crippen LogP contribution in [-0.4, -0.2) is 64.9 Å². The maximum atomic E-state index is 12.9. The first-order chi connectivity index (χ1) is 25.7. The second-order valence-corrected chi connectivity index (χ2v) is 22.2. The molecule has 0 saturated heterocycles. The third kappa shape index (κ3) is 21.5. The first kappa shape index (κ1) is 55.2. The second-order valence-electron chi connectivity index (χ2n) is 22.2. The van der Waals surface area contributed by atoms with Crippen molar-refractivity contribution in [2.75, 3.05) is 6.54 Å². The molecule has 3 atom stereocenters. The van der Waals surface area contributed by atoms with E-state index in [-0.39, 0.29) is 70.0 Å². The highest BCUT2D eigenvalue weighted by molar-refractivity contribution is 5.91. The van der Waals surface area contributed by atoms with Crippen LogP contribution in [0, 0.1) is 16.2 Å². The fraction of sp³-hybridized carbons (Fsp3) is 0.720. The van der Waals surface area contributed by atoms with Gasteiger partial charge in [-0.05, 0) is 111 Å². The van der Waals surface area contributed by atoms with Crippen LogP contribution < -0.4 is 21.7 Å². The van der Waals surface area contributed by atoms with Gasteiger partial charge in [0.1, 0.15) is 0 Å². The Labute approximate surface area is 356 Å². The molecule has 8 heteroatoms. The lowest BCUT2D eigenvalue weighted by atomic mass is 9.82. The molecule has 0 radical (unpaired) electrons. The largest absolute Gasteiger partial charge is 0.330 e. The summed E-state index contributed by atoms with van der Waals surface area (Å²) in [7, 11) is 0. The van der Waals surface area contributed by atoms with Crippen molar-refractivity contribution in [2.24, 2.45) is 27.0 Å². The number of aliphatic imine (C=N–C) groups is 1. The van der Waals surface area contributed by atoms with Crippen molar-refractivity contribution < 1.29 is 14.4 Å². The number of hydrogen-bond acceptors (Lipinski definition) is 8. The Kier molecular flexibility index (Phi) is 21.6. The molecule has 332 valence electrons. The Bertz CT molecular complexity index is 1540. The number of ketones is 3. The van der Waals surface area contributed by atoms with Crippen LogP contribution in [0.1, 0.15) is 182 Å². The highest BCUT2D eigenvalue weighted by atomic mass is 16.1. The summed E-state index contributed by atoms with van der Waals surface area (Å²) >= 11 is 0. The van der Waals surface area contributed by atoms with Crippen molar-refractivity contribution in [3.8, 4) is 0 Å². The molecular weight excluding hydrogens is 719 g/mol. The minimum absolute atomic E-state index is 0. The van der Waals surface area contributed by atoms with E-state index in [1.54, 1.807) is 0 Å². The zero-order valence-electron chi connectivity index (χ0n) is 39.7. The Morgan fingerprint density at radius 1 is 0.621 bits per heavy atom. The predicted molar refractivity (Wildman–Crippen MR) is 252 cm³/mol. The van der Waals surface area contributed by atoms with E-state index in [1.807, 2.05) is 68.5 Å². The third-order valence-corrected chi connectivity index (χ3v) is 9.42. The SMILES string of the molecule is C.CC(C)(C)N[C@@H](CC1=CCC=N1)C(=O)C(C)(C)C.CC(C)(C)N[C@@H](CC1=CCc2ccccc21)C(=O)C(C)(C)C.CC(C)(C)N[C@@H](CCCCN)C(=O)C(C)(C)C. The normalized spacial score (nSPS) is 16.0. The van der Waals surface area contributed by atoms with Crippen LogP contribution in [-0.2, 0) is 20.8 Å². The molecule has 0 aromatic heterocycles. The number of nitrogens with zero attached hydrogens (tertiary/aromatic N) is 1. The number of nitrogens with two attached hydrogens (primary N) is 1. The van der Waals surface area contributed by atoms with Gasteiger partial charge in [-0.15, -0.1) is 0 Å². The Morgan fingerprint density at radius 3 is 1.47 bits per heavy atom. The molecule has 2 aliphatic rings. The van der Waals surface area contributed by atoms with Crippen molar-refractivity contribution in [2.45, 2.75) is 212 Å². The summed E-state index contributed by atoms with van der Waals surface area (Å²) in [6.45, 7) is 37.5. The zero-order valence-corrected chi connectivity index (χ0v) is 39.7. The molecule has 0 amide bonds. The maximum Gasteiger partial charge on any atom is 0.155 e. The molecule has 3 rings (SSSR count). The third-order valence-electron chi connectivity index (χ3n) is 9.42. The van der Waals surface area contributed by atoms with Gasteiger partial charge in [-0.1, -0.05) is 113 Å². The number of benzene rings is 1. The van der Waals surface area contributed by atoms with Gasteiger partial charge in [0.05, 0.1) is 18.1 Å². The molecule has 8 nitrogen and oxygen atoms in total. The van der Waals surface area contributed by atoms with Crippen LogP contribution in [0.2, 0.25) is 0 Å². The summed E-state index contributed by atoms with van der Waals surface area (Å²) in [5.74, 6) is 0.831. The van der Waals surface area contributed by atoms with E-state index in [9.17, 15) is 14.4 Å². The Balaban J connectivity index is 0.000000843. The van der Waals surface area contributed by atoms with Crippen LogP contribution >= 0.6 is 0 Å². The van der Waals surface area contributed by atoms with Crippen molar-refractivity contribution in [3.05, 3.63) is 53.2 Å². The van der Waals surface area contributed by atoms with E-state index < -0.39 is 0 Å². The number of carbonyl (C=O) groups is 3. The Morgan fingerprint density at radius 2 is 1.05 bits per heavy atom. The molecule has 0 bridgehead atoms. The lowest BCUT2D eigenvalue weighted by molar-refractivity contribution is -0.129. The van der Waals surface area contributed by atoms with Crippen LogP contribution in [0.3, 0.4) is 0 Å². The van der Waals surface area contributed by atoms with Crippen LogP contribution in [0.4, 0.5) is 0 Å². The van der Waals surface area contributed by atoms with Crippen molar-refractivity contribution >= 4 is 29.1 Å². The summed E-state index contributed by atoms with van der Waals surface area (Å²) in [5, 5.41) is 10.4. The lowest BCUT2D eigenvalue weighted by Gasteiger charge is -2.32. The molecular formula is C50H89N5O3. The van der Waals surface area contributed by atoms with Gasteiger partial charge in [0.25, 0.3) is 0 Å². The minimum Gasteiger partial charge on any atom is -0.330 e. The smallest absolute Gasteiger partial charge is 0.155 e. The van der Waals surface area contributed by atoms with E-state index in [2.05, 4.69) is 120 Å². The molecule has 58 heavy (non-hydrogen) atoms. The average molecular weight is 808 g/mol. The van der Waals surface area contributed by atoms with E-state index in [4.69, 9.17) is 5.73 Å². The minimum atomic E-state index is -0.332. The molecule has 1 heterocycles. The summed E-state index contributed by atoms with van der Waals surface area (Å²) in [4.78, 5) is 42.0. The quantitative estimate of drug-likeness (QED) is 0.138. The fourth-order valence-electron chi connectivity index (χ4n) is 6.84. The van der Waals surface area contributed by atoms with Crippen molar-refractivity contribution in [1.82, 2.24) is 16.0 Å². The average Bonchev–Trinajstić information content (AvgIpc) is 3.70. The van der Waals surface area contributed by atoms with Crippen molar-refractivity contribution in [3.63, 3.8) is 0 Å². The van der Waals surface area contributed by atoms with Gasteiger partial charge in [0.15, 0.2) is 17.3 Å².